The number of rotatable bonds is 7. The van der Waals surface area contributed by atoms with Gasteiger partial charge < -0.3 is 4.90 Å². The van der Waals surface area contributed by atoms with Gasteiger partial charge in [-0.2, -0.15) is 0 Å². The van der Waals surface area contributed by atoms with E-state index in [9.17, 15) is 9.18 Å². The predicted molar refractivity (Wildman–Crippen MR) is 122 cm³/mol. The molecule has 4 nitrogen and oxygen atoms in total. The monoisotopic (exact) mass is 441 g/mol. The lowest BCUT2D eigenvalue weighted by Gasteiger charge is -2.34. The Morgan fingerprint density at radius 3 is 2.50 bits per heavy atom. The van der Waals surface area contributed by atoms with Crippen LogP contribution in [0.5, 0.6) is 0 Å². The Hall–Kier alpha value is -2.22. The molecule has 1 aliphatic heterocycles. The van der Waals surface area contributed by atoms with Crippen LogP contribution in [0.4, 0.5) is 4.39 Å². The molecule has 1 saturated heterocycles. The molecule has 0 saturated carbocycles. The Morgan fingerprint density at radius 2 is 1.77 bits per heavy atom. The number of piperazine rings is 1. The lowest BCUT2D eigenvalue weighted by molar-refractivity contribution is -0.130. The second-order valence-electron chi connectivity index (χ2n) is 7.29. The molecule has 4 rings (SSSR count). The minimum absolute atomic E-state index is 0.182. The number of halogens is 1. The van der Waals surface area contributed by atoms with E-state index in [1.165, 1.54) is 12.1 Å². The van der Waals surface area contributed by atoms with E-state index in [-0.39, 0.29) is 11.7 Å². The number of amides is 1. The molecule has 0 atom stereocenters. The number of carbonyl (C=O) groups excluding carboxylic acids is 1. The van der Waals surface area contributed by atoms with Gasteiger partial charge in [-0.25, -0.2) is 9.37 Å². The van der Waals surface area contributed by atoms with E-state index in [4.69, 9.17) is 4.98 Å². The summed E-state index contributed by atoms with van der Waals surface area (Å²) in [4.78, 5) is 21.6. The highest BCUT2D eigenvalue weighted by Crippen LogP contribution is 2.24. The minimum Gasteiger partial charge on any atom is -0.339 e. The Bertz CT molecular complexity index is 954. The number of nitrogens with zero attached hydrogens (tertiary/aromatic N) is 3. The first-order valence-electron chi connectivity index (χ1n) is 9.99. The summed E-state index contributed by atoms with van der Waals surface area (Å²) < 4.78 is 13.0. The zero-order valence-electron chi connectivity index (χ0n) is 16.7. The lowest BCUT2D eigenvalue weighted by Crippen LogP contribution is -2.48. The molecule has 2 heterocycles. The maximum Gasteiger partial charge on any atom is 0.232 e. The molecule has 1 fully saturated rings. The van der Waals surface area contributed by atoms with Gasteiger partial charge in [0.2, 0.25) is 5.91 Å². The fourth-order valence-corrected chi connectivity index (χ4v) is 5.11. The summed E-state index contributed by atoms with van der Waals surface area (Å²) in [5.41, 5.74) is 3.29. The summed E-state index contributed by atoms with van der Waals surface area (Å²) in [5, 5.41) is 3.18. The SMILES string of the molecule is O=C(CSCc1ccc(F)cc1)N1CCN(Cc2csc(-c3ccccc3)n2)CC1. The van der Waals surface area contributed by atoms with Crippen LogP contribution in [-0.4, -0.2) is 52.6 Å². The fraction of sp³-hybridized carbons (Fsp3) is 0.304. The van der Waals surface area contributed by atoms with E-state index in [1.807, 2.05) is 23.1 Å². The second-order valence-corrected chi connectivity index (χ2v) is 9.13. The third kappa shape index (κ3) is 5.68. The summed E-state index contributed by atoms with van der Waals surface area (Å²) >= 11 is 3.26. The summed E-state index contributed by atoms with van der Waals surface area (Å²) in [6.45, 7) is 4.07. The first-order chi connectivity index (χ1) is 14.7. The largest absolute Gasteiger partial charge is 0.339 e. The molecule has 1 aliphatic rings. The Balaban J connectivity index is 1.19. The van der Waals surface area contributed by atoms with Crippen molar-refractivity contribution in [2.45, 2.75) is 12.3 Å². The highest BCUT2D eigenvalue weighted by molar-refractivity contribution is 7.99. The number of benzene rings is 2. The molecule has 0 unspecified atom stereocenters. The Labute approximate surface area is 184 Å². The molecular weight excluding hydrogens is 417 g/mol. The molecule has 156 valence electrons. The molecule has 30 heavy (non-hydrogen) atoms. The van der Waals surface area contributed by atoms with Crippen LogP contribution in [0.3, 0.4) is 0 Å². The second kappa shape index (κ2) is 10.2. The summed E-state index contributed by atoms with van der Waals surface area (Å²) in [6.07, 6.45) is 0. The predicted octanol–water partition coefficient (Wildman–Crippen LogP) is 4.53. The first kappa shape index (κ1) is 21.0. The van der Waals surface area contributed by atoms with E-state index in [0.29, 0.717) is 5.75 Å². The van der Waals surface area contributed by atoms with Crippen LogP contribution in [0.25, 0.3) is 10.6 Å². The first-order valence-corrected chi connectivity index (χ1v) is 12.0. The molecule has 0 aliphatic carbocycles. The maximum absolute atomic E-state index is 13.0. The standard InChI is InChI=1S/C23H24FN3OS2/c24-20-8-6-18(7-9-20)15-29-17-22(28)27-12-10-26(11-13-27)14-21-16-30-23(25-21)19-4-2-1-3-5-19/h1-9,16H,10-15,17H2. The van der Waals surface area contributed by atoms with Gasteiger partial charge in [0, 0.05) is 49.4 Å². The van der Waals surface area contributed by atoms with Crippen molar-refractivity contribution in [1.82, 2.24) is 14.8 Å². The van der Waals surface area contributed by atoms with Gasteiger partial charge in [0.1, 0.15) is 10.8 Å². The molecule has 0 radical (unpaired) electrons. The molecule has 0 bridgehead atoms. The van der Waals surface area contributed by atoms with E-state index in [0.717, 1.165) is 60.3 Å². The highest BCUT2D eigenvalue weighted by Gasteiger charge is 2.21. The van der Waals surface area contributed by atoms with Crippen LogP contribution in [0.1, 0.15) is 11.3 Å². The van der Waals surface area contributed by atoms with Crippen molar-refractivity contribution < 1.29 is 9.18 Å². The van der Waals surface area contributed by atoms with Gasteiger partial charge in [-0.3, -0.25) is 9.69 Å². The third-order valence-corrected chi connectivity index (χ3v) is 7.02. The number of thiazole rings is 1. The van der Waals surface area contributed by atoms with E-state index in [2.05, 4.69) is 22.4 Å². The van der Waals surface area contributed by atoms with E-state index >= 15 is 0 Å². The summed E-state index contributed by atoms with van der Waals surface area (Å²) in [5.74, 6) is 1.14. The van der Waals surface area contributed by atoms with Crippen molar-refractivity contribution in [3.63, 3.8) is 0 Å². The van der Waals surface area contributed by atoms with Crippen LogP contribution in [0.15, 0.2) is 60.0 Å². The lowest BCUT2D eigenvalue weighted by atomic mass is 10.2. The molecule has 1 aromatic heterocycles. The van der Waals surface area contributed by atoms with Gasteiger partial charge in [0.15, 0.2) is 0 Å². The quantitative estimate of drug-likeness (QED) is 0.540. The van der Waals surface area contributed by atoms with Gasteiger partial charge in [-0.1, -0.05) is 42.5 Å². The Morgan fingerprint density at radius 1 is 1.03 bits per heavy atom. The normalized spacial score (nSPS) is 14.8. The van der Waals surface area contributed by atoms with Gasteiger partial charge in [-0.15, -0.1) is 23.1 Å². The topological polar surface area (TPSA) is 36.4 Å². The summed E-state index contributed by atoms with van der Waals surface area (Å²) in [7, 11) is 0. The van der Waals surface area contributed by atoms with Crippen LogP contribution >= 0.6 is 23.1 Å². The molecule has 3 aromatic rings. The third-order valence-electron chi connectivity index (χ3n) is 5.09. The van der Waals surface area contributed by atoms with Crippen molar-refractivity contribution >= 4 is 29.0 Å². The van der Waals surface area contributed by atoms with Crippen molar-refractivity contribution in [3.8, 4) is 10.6 Å². The van der Waals surface area contributed by atoms with Crippen molar-refractivity contribution in [2.75, 3.05) is 31.9 Å². The molecule has 0 spiro atoms. The van der Waals surface area contributed by atoms with Gasteiger partial charge in [0.05, 0.1) is 11.4 Å². The number of thioether (sulfide) groups is 1. The van der Waals surface area contributed by atoms with Crippen molar-refractivity contribution in [2.24, 2.45) is 0 Å². The van der Waals surface area contributed by atoms with Crippen LogP contribution in [0, 0.1) is 5.82 Å². The zero-order valence-corrected chi connectivity index (χ0v) is 18.3. The molecule has 1 amide bonds. The highest BCUT2D eigenvalue weighted by atomic mass is 32.2. The van der Waals surface area contributed by atoms with Crippen molar-refractivity contribution in [1.29, 1.82) is 0 Å². The van der Waals surface area contributed by atoms with Gasteiger partial charge in [0.25, 0.3) is 0 Å². The minimum atomic E-state index is -0.230. The van der Waals surface area contributed by atoms with Crippen LogP contribution in [0.2, 0.25) is 0 Å². The maximum atomic E-state index is 13.0. The molecular formula is C23H24FN3OS2. The smallest absolute Gasteiger partial charge is 0.232 e. The average molecular weight is 442 g/mol. The number of hydrogen-bond donors (Lipinski definition) is 0. The van der Waals surface area contributed by atoms with E-state index in [1.54, 1.807) is 35.2 Å². The Kier molecular flexibility index (Phi) is 7.15. The number of aromatic nitrogens is 1. The van der Waals surface area contributed by atoms with Gasteiger partial charge in [-0.05, 0) is 17.7 Å². The van der Waals surface area contributed by atoms with Crippen LogP contribution in [-0.2, 0) is 17.1 Å². The molecule has 7 heteroatoms. The van der Waals surface area contributed by atoms with Crippen molar-refractivity contribution in [3.05, 3.63) is 77.1 Å². The molecule has 2 aromatic carbocycles. The average Bonchev–Trinajstić information content (AvgIpc) is 3.25. The summed E-state index contributed by atoms with van der Waals surface area (Å²) in [6, 6.07) is 16.7. The zero-order chi connectivity index (χ0) is 20.8. The van der Waals surface area contributed by atoms with E-state index < -0.39 is 0 Å². The fourth-order valence-electron chi connectivity index (χ4n) is 3.41. The molecule has 0 N–H and O–H groups in total. The van der Waals surface area contributed by atoms with Gasteiger partial charge >= 0.3 is 0 Å². The van der Waals surface area contributed by atoms with Crippen LogP contribution < -0.4 is 0 Å². The number of hydrogen-bond acceptors (Lipinski definition) is 5. The number of carbonyl (C=O) groups is 1.